The topological polar surface area (TPSA) is 116 Å². The molecule has 176 valence electrons. The average molecular weight is 463 g/mol. The van der Waals surface area contributed by atoms with Crippen molar-refractivity contribution in [1.29, 1.82) is 0 Å². The molecule has 0 aliphatic rings. The van der Waals surface area contributed by atoms with E-state index < -0.39 is 17.4 Å². The van der Waals surface area contributed by atoms with Gasteiger partial charge in [0, 0.05) is 14.1 Å². The molecule has 2 aromatic heterocycles. The van der Waals surface area contributed by atoms with Crippen LogP contribution in [-0.4, -0.2) is 42.7 Å². The van der Waals surface area contributed by atoms with Gasteiger partial charge in [0.15, 0.2) is 11.2 Å². The summed E-state index contributed by atoms with van der Waals surface area (Å²) < 4.78 is 9.58. The average Bonchev–Trinajstić information content (AvgIpc) is 3.19. The maximum Gasteiger partial charge on any atom is 0.332 e. The number of imidazole rings is 1. The van der Waals surface area contributed by atoms with E-state index in [1.165, 1.54) is 23.2 Å². The Bertz CT molecular complexity index is 1450. The molecular formula is C24H26N6O4. The van der Waals surface area contributed by atoms with Crippen LogP contribution >= 0.6 is 0 Å². The van der Waals surface area contributed by atoms with Gasteiger partial charge in [0.2, 0.25) is 5.95 Å². The summed E-state index contributed by atoms with van der Waals surface area (Å²) in [6, 6.07) is 17.0. The first-order valence-corrected chi connectivity index (χ1v) is 10.7. The van der Waals surface area contributed by atoms with Crippen molar-refractivity contribution < 1.29 is 9.84 Å². The van der Waals surface area contributed by atoms with Gasteiger partial charge in [-0.05, 0) is 24.1 Å². The number of fused-ring (bicyclic) bond motifs is 1. The molecule has 4 rings (SSSR count). The van der Waals surface area contributed by atoms with Gasteiger partial charge >= 0.3 is 5.69 Å². The third-order valence-corrected chi connectivity index (χ3v) is 5.44. The third kappa shape index (κ3) is 4.62. The monoisotopic (exact) mass is 462 g/mol. The Balaban J connectivity index is 1.67. The van der Waals surface area contributed by atoms with Gasteiger partial charge in [-0.15, -0.1) is 0 Å². The quantitative estimate of drug-likeness (QED) is 0.304. The minimum Gasteiger partial charge on any atom is -0.491 e. The lowest BCUT2D eigenvalue weighted by atomic mass is 10.2. The van der Waals surface area contributed by atoms with E-state index in [4.69, 9.17) is 4.74 Å². The summed E-state index contributed by atoms with van der Waals surface area (Å²) in [5.41, 5.74) is 4.01. The molecule has 10 nitrogen and oxygen atoms in total. The number of hydrogen-bond donors (Lipinski definition) is 2. The van der Waals surface area contributed by atoms with E-state index in [9.17, 15) is 14.7 Å². The number of aromatic nitrogens is 4. The van der Waals surface area contributed by atoms with Crippen LogP contribution < -0.4 is 21.4 Å². The van der Waals surface area contributed by atoms with E-state index in [0.29, 0.717) is 5.75 Å². The van der Waals surface area contributed by atoms with Gasteiger partial charge in [-0.2, -0.15) is 10.1 Å². The summed E-state index contributed by atoms with van der Waals surface area (Å²) in [6.07, 6.45) is 0.649. The number of ether oxygens (including phenoxy) is 1. The van der Waals surface area contributed by atoms with Crippen LogP contribution in [0.3, 0.4) is 0 Å². The maximum atomic E-state index is 12.9. The first-order valence-electron chi connectivity index (χ1n) is 10.7. The SMILES string of the molecule is Cc1ccccc1OC[C@@H](O)Cn1c(N/N=C/c2ccccc2)nc2c1c(=O)n(C)c(=O)n2C. The van der Waals surface area contributed by atoms with Crippen LogP contribution in [0.4, 0.5) is 5.95 Å². The third-order valence-electron chi connectivity index (χ3n) is 5.44. The minimum atomic E-state index is -0.961. The van der Waals surface area contributed by atoms with Crippen molar-refractivity contribution in [2.45, 2.75) is 19.6 Å². The first-order chi connectivity index (χ1) is 16.4. The van der Waals surface area contributed by atoms with Gasteiger partial charge in [-0.1, -0.05) is 48.5 Å². The number of rotatable bonds is 8. The van der Waals surface area contributed by atoms with Crippen LogP contribution in [0, 0.1) is 6.92 Å². The maximum absolute atomic E-state index is 12.9. The van der Waals surface area contributed by atoms with Crippen molar-refractivity contribution in [2.24, 2.45) is 19.2 Å². The van der Waals surface area contributed by atoms with Crippen LogP contribution in [-0.2, 0) is 20.6 Å². The molecule has 1 atom stereocenters. The van der Waals surface area contributed by atoms with Crippen molar-refractivity contribution in [1.82, 2.24) is 18.7 Å². The number of anilines is 1. The van der Waals surface area contributed by atoms with Gasteiger partial charge < -0.3 is 14.4 Å². The molecule has 0 radical (unpaired) electrons. The van der Waals surface area contributed by atoms with E-state index in [-0.39, 0.29) is 30.3 Å². The number of benzene rings is 2. The lowest BCUT2D eigenvalue weighted by Crippen LogP contribution is -2.38. The minimum absolute atomic E-state index is 0.000977. The van der Waals surface area contributed by atoms with Crippen molar-refractivity contribution in [3.8, 4) is 5.75 Å². The second-order valence-corrected chi connectivity index (χ2v) is 7.94. The second kappa shape index (κ2) is 9.75. The number of aliphatic hydroxyl groups is 1. The molecular weight excluding hydrogens is 436 g/mol. The highest BCUT2D eigenvalue weighted by atomic mass is 16.5. The first kappa shape index (κ1) is 23.0. The summed E-state index contributed by atoms with van der Waals surface area (Å²) in [5, 5.41) is 14.9. The zero-order chi connectivity index (χ0) is 24.2. The Labute approximate surface area is 195 Å². The predicted octanol–water partition coefficient (Wildman–Crippen LogP) is 1.63. The fourth-order valence-electron chi connectivity index (χ4n) is 3.58. The highest BCUT2D eigenvalue weighted by molar-refractivity contribution is 5.80. The summed E-state index contributed by atoms with van der Waals surface area (Å²) in [4.78, 5) is 29.8. The predicted molar refractivity (Wildman–Crippen MR) is 131 cm³/mol. The number of aryl methyl sites for hydroxylation is 2. The fraction of sp³-hybridized carbons (Fsp3) is 0.250. The molecule has 10 heteroatoms. The van der Waals surface area contributed by atoms with Crippen molar-refractivity contribution in [2.75, 3.05) is 12.0 Å². The Hall–Kier alpha value is -4.18. The molecule has 2 aromatic carbocycles. The number of nitrogens with one attached hydrogen (secondary N) is 1. The molecule has 0 aliphatic carbocycles. The Morgan fingerprint density at radius 3 is 2.53 bits per heavy atom. The van der Waals surface area contributed by atoms with Crippen LogP contribution in [0.2, 0.25) is 0 Å². The van der Waals surface area contributed by atoms with Gasteiger partial charge in [-0.25, -0.2) is 10.2 Å². The summed E-state index contributed by atoms with van der Waals surface area (Å²) >= 11 is 0. The summed E-state index contributed by atoms with van der Waals surface area (Å²) in [5.74, 6) is 0.886. The van der Waals surface area contributed by atoms with Gasteiger partial charge in [0.05, 0.1) is 12.8 Å². The molecule has 4 aromatic rings. The van der Waals surface area contributed by atoms with Crippen LogP contribution in [0.25, 0.3) is 11.2 Å². The molecule has 0 unspecified atom stereocenters. The van der Waals surface area contributed by atoms with E-state index in [2.05, 4.69) is 15.5 Å². The van der Waals surface area contributed by atoms with Crippen LogP contribution in [0.15, 0.2) is 69.3 Å². The number of hydrogen-bond acceptors (Lipinski definition) is 7. The molecule has 2 heterocycles. The molecule has 0 saturated heterocycles. The smallest absolute Gasteiger partial charge is 0.332 e. The lowest BCUT2D eigenvalue weighted by Gasteiger charge is -2.16. The zero-order valence-electron chi connectivity index (χ0n) is 19.2. The molecule has 0 amide bonds. The summed E-state index contributed by atoms with van der Waals surface area (Å²) in [7, 11) is 2.94. The number of hydrazone groups is 1. The standard InChI is InChI=1S/C24H26N6O4/c1-16-9-7-8-12-19(16)34-15-18(31)14-30-20-21(28(2)24(33)29(3)22(20)32)26-23(30)27-25-13-17-10-5-4-6-11-17/h4-13,18,31H,14-15H2,1-3H3,(H,26,27)/b25-13+/t18-/m0/s1. The van der Waals surface area contributed by atoms with Crippen LogP contribution in [0.1, 0.15) is 11.1 Å². The van der Waals surface area contributed by atoms with E-state index in [1.54, 1.807) is 6.21 Å². The number of para-hydroxylation sites is 1. The largest absolute Gasteiger partial charge is 0.491 e. The second-order valence-electron chi connectivity index (χ2n) is 7.94. The molecule has 0 spiro atoms. The summed E-state index contributed by atoms with van der Waals surface area (Å²) in [6.45, 7) is 1.92. The van der Waals surface area contributed by atoms with Crippen molar-refractivity contribution >= 4 is 23.3 Å². The van der Waals surface area contributed by atoms with Gasteiger partial charge in [-0.3, -0.25) is 13.9 Å². The molecule has 0 saturated carbocycles. The highest BCUT2D eigenvalue weighted by Crippen LogP contribution is 2.19. The van der Waals surface area contributed by atoms with Crippen molar-refractivity contribution in [3.05, 3.63) is 86.6 Å². The fourth-order valence-corrected chi connectivity index (χ4v) is 3.58. The highest BCUT2D eigenvalue weighted by Gasteiger charge is 2.21. The molecule has 0 aliphatic heterocycles. The van der Waals surface area contributed by atoms with Crippen LogP contribution in [0.5, 0.6) is 5.75 Å². The van der Waals surface area contributed by atoms with Crippen molar-refractivity contribution in [3.63, 3.8) is 0 Å². The van der Waals surface area contributed by atoms with E-state index in [1.807, 2.05) is 61.5 Å². The zero-order valence-corrected chi connectivity index (χ0v) is 19.2. The molecule has 0 bridgehead atoms. The molecule has 2 N–H and O–H groups in total. The van der Waals surface area contributed by atoms with E-state index >= 15 is 0 Å². The van der Waals surface area contributed by atoms with Gasteiger partial charge in [0.1, 0.15) is 18.5 Å². The number of nitrogens with zero attached hydrogens (tertiary/aromatic N) is 5. The Morgan fingerprint density at radius 2 is 1.79 bits per heavy atom. The molecule has 34 heavy (non-hydrogen) atoms. The van der Waals surface area contributed by atoms with Gasteiger partial charge in [0.25, 0.3) is 5.56 Å². The Kier molecular flexibility index (Phi) is 6.60. The number of aliphatic hydroxyl groups excluding tert-OH is 1. The normalized spacial score (nSPS) is 12.4. The molecule has 0 fully saturated rings. The lowest BCUT2D eigenvalue weighted by molar-refractivity contribution is 0.0935. The Morgan fingerprint density at radius 1 is 1.09 bits per heavy atom. The van der Waals surface area contributed by atoms with E-state index in [0.717, 1.165) is 15.7 Å².